The minimum Gasteiger partial charge on any atom is -0.431 e. The number of hydrogen-bond acceptors (Lipinski definition) is 15. The van der Waals surface area contributed by atoms with E-state index in [-0.39, 0.29) is 23.1 Å². The van der Waals surface area contributed by atoms with E-state index in [0.717, 1.165) is 33.4 Å². The van der Waals surface area contributed by atoms with Crippen molar-refractivity contribution in [1.82, 2.24) is 0 Å². The van der Waals surface area contributed by atoms with E-state index in [0.29, 0.717) is 6.42 Å². The van der Waals surface area contributed by atoms with Crippen molar-refractivity contribution in [3.8, 4) is 33.4 Å². The molecule has 0 atom stereocenters. The van der Waals surface area contributed by atoms with Gasteiger partial charge in [-0.15, -0.1) is 0 Å². The average Bonchev–Trinajstić information content (AvgIpc) is 3.35. The second kappa shape index (κ2) is 22.4. The lowest BCUT2D eigenvalue weighted by Gasteiger charge is -2.30. The lowest BCUT2D eigenvalue weighted by Crippen LogP contribution is -2.40. The topological polar surface area (TPSA) is 185 Å². The molecule has 15 nitrogen and oxygen atoms in total. The highest BCUT2D eigenvalue weighted by Crippen LogP contribution is 2.28. The van der Waals surface area contributed by atoms with Crippen molar-refractivity contribution in [2.24, 2.45) is 5.41 Å². The smallest absolute Gasteiger partial charge is 0.431 e. The van der Waals surface area contributed by atoms with Crippen LogP contribution in [0.2, 0.25) is 0 Å². The van der Waals surface area contributed by atoms with Crippen LogP contribution >= 0.6 is 0 Å². The van der Waals surface area contributed by atoms with Crippen molar-refractivity contribution in [1.29, 1.82) is 0 Å². The molecule has 0 radical (unpaired) electrons. The molecule has 0 bridgehead atoms. The van der Waals surface area contributed by atoms with Crippen LogP contribution in [0.4, 0.5) is 14.4 Å². The zero-order valence-corrected chi connectivity index (χ0v) is 34.2. The van der Waals surface area contributed by atoms with Crippen molar-refractivity contribution >= 4 is 36.4 Å². The Morgan fingerprint density at radius 1 is 0.344 bits per heavy atom. The van der Waals surface area contributed by atoms with Gasteiger partial charge < -0.3 is 14.2 Å². The van der Waals surface area contributed by atoms with E-state index in [1.54, 1.807) is 43.3 Å². The standard InChI is InChI=1S/C49H40O15/c1-2-30-49(31-56-46(53)62-59-43(50)40-24-18-37(19-25-40)34-12-6-3-7-13-34,32-57-47(54)63-60-44(51)41-26-20-38(21-27-41)35-14-8-4-9-15-35)33-58-48(55)64-61-45(52)42-28-22-39(23-29-42)36-16-10-5-11-17-36/h3-29H,2,30-33H2,1H3. The Bertz CT molecular complexity index is 2210. The van der Waals surface area contributed by atoms with Crippen LogP contribution in [0.1, 0.15) is 50.8 Å². The molecule has 6 rings (SSSR count). The van der Waals surface area contributed by atoms with Gasteiger partial charge in [0.25, 0.3) is 0 Å². The predicted octanol–water partition coefficient (Wildman–Crippen LogP) is 10.5. The van der Waals surface area contributed by atoms with Crippen LogP contribution in [-0.4, -0.2) is 56.2 Å². The number of rotatable bonds is 14. The summed E-state index contributed by atoms with van der Waals surface area (Å²) in [6.07, 6.45) is -4.03. The molecule has 0 amide bonds. The molecule has 6 aromatic rings. The molecule has 326 valence electrons. The summed E-state index contributed by atoms with van der Waals surface area (Å²) < 4.78 is 15.6. The molecule has 0 aliphatic rings. The molecule has 6 aromatic carbocycles. The van der Waals surface area contributed by atoms with Crippen molar-refractivity contribution < 1.29 is 72.3 Å². The van der Waals surface area contributed by atoms with Gasteiger partial charge in [-0.25, -0.2) is 43.7 Å². The molecule has 0 spiro atoms. The van der Waals surface area contributed by atoms with Crippen molar-refractivity contribution in [2.45, 2.75) is 19.8 Å². The maximum atomic E-state index is 12.7. The first-order chi connectivity index (χ1) is 31.1. The maximum Gasteiger partial charge on any atom is 0.549 e. The molecule has 0 unspecified atom stereocenters. The molecular formula is C49H40O15. The summed E-state index contributed by atoms with van der Waals surface area (Å²) in [4.78, 5) is 104. The van der Waals surface area contributed by atoms with Crippen LogP contribution in [0.3, 0.4) is 0 Å². The predicted molar refractivity (Wildman–Crippen MR) is 227 cm³/mol. The summed E-state index contributed by atoms with van der Waals surface area (Å²) in [5, 5.41) is 0. The first kappa shape index (κ1) is 45.1. The second-order valence-corrected chi connectivity index (χ2v) is 14.1. The molecule has 0 aliphatic heterocycles. The van der Waals surface area contributed by atoms with Crippen LogP contribution in [0.15, 0.2) is 164 Å². The number of ether oxygens (including phenoxy) is 3. The fraction of sp³-hybridized carbons (Fsp3) is 0.143. The molecule has 0 N–H and O–H groups in total. The van der Waals surface area contributed by atoms with Gasteiger partial charge in [-0.3, -0.25) is 0 Å². The third-order valence-electron chi connectivity index (χ3n) is 9.51. The van der Waals surface area contributed by atoms with Crippen LogP contribution in [0, 0.1) is 5.41 Å². The Kier molecular flexibility index (Phi) is 15.8. The Morgan fingerprint density at radius 3 is 0.844 bits per heavy atom. The van der Waals surface area contributed by atoms with Crippen LogP contribution in [0.25, 0.3) is 33.4 Å². The van der Waals surface area contributed by atoms with Gasteiger partial charge in [-0.2, -0.15) is 14.4 Å². The number of carbonyl (C=O) groups excluding carboxylic acids is 6. The van der Waals surface area contributed by atoms with Gasteiger partial charge in [-0.1, -0.05) is 141 Å². The van der Waals surface area contributed by atoms with E-state index in [1.807, 2.05) is 91.0 Å². The van der Waals surface area contributed by atoms with E-state index < -0.39 is 61.6 Å². The number of benzene rings is 6. The highest BCUT2D eigenvalue weighted by atomic mass is 17.2. The Morgan fingerprint density at radius 2 is 0.594 bits per heavy atom. The summed E-state index contributed by atoms with van der Waals surface area (Å²) >= 11 is 0. The van der Waals surface area contributed by atoms with Gasteiger partial charge in [0.15, 0.2) is 0 Å². The summed E-state index contributed by atoms with van der Waals surface area (Å²) in [5.74, 6) is -3.01. The van der Waals surface area contributed by atoms with Crippen LogP contribution in [-0.2, 0) is 43.5 Å². The number of hydrogen-bond donors (Lipinski definition) is 0. The SMILES string of the molecule is CCCC(COC(=O)OOC(=O)c1ccc(-c2ccccc2)cc1)(COC(=O)OOC(=O)c1ccc(-c2ccccc2)cc1)COC(=O)OOC(=O)c1ccc(-c2ccccc2)cc1. The van der Waals surface area contributed by atoms with Crippen molar-refractivity contribution in [3.63, 3.8) is 0 Å². The Labute approximate surface area is 366 Å². The average molecular weight is 869 g/mol. The largest absolute Gasteiger partial charge is 0.549 e. The minimum atomic E-state index is -1.54. The van der Waals surface area contributed by atoms with Gasteiger partial charge in [-0.05, 0) is 76.2 Å². The monoisotopic (exact) mass is 868 g/mol. The molecule has 0 saturated heterocycles. The summed E-state index contributed by atoms with van der Waals surface area (Å²) in [7, 11) is 0. The van der Waals surface area contributed by atoms with Gasteiger partial charge in [0, 0.05) is 0 Å². The molecule has 0 heterocycles. The number of carbonyl (C=O) groups is 6. The molecule has 15 heteroatoms. The van der Waals surface area contributed by atoms with Gasteiger partial charge in [0.1, 0.15) is 19.8 Å². The summed E-state index contributed by atoms with van der Waals surface area (Å²) in [5.41, 5.74) is 3.93. The quantitative estimate of drug-likeness (QED) is 0.0435. The van der Waals surface area contributed by atoms with Gasteiger partial charge in [0.2, 0.25) is 0 Å². The summed E-state index contributed by atoms with van der Waals surface area (Å²) in [6.45, 7) is -0.260. The second-order valence-electron chi connectivity index (χ2n) is 14.1. The maximum absolute atomic E-state index is 12.7. The lowest BCUT2D eigenvalue weighted by atomic mass is 9.86. The first-order valence-corrected chi connectivity index (χ1v) is 19.7. The van der Waals surface area contributed by atoms with Gasteiger partial charge >= 0.3 is 36.4 Å². The lowest BCUT2D eigenvalue weighted by molar-refractivity contribution is -0.217. The third-order valence-corrected chi connectivity index (χ3v) is 9.51. The van der Waals surface area contributed by atoms with E-state index in [9.17, 15) is 28.8 Å². The normalized spacial score (nSPS) is 10.6. The Balaban J connectivity index is 1.04. The van der Waals surface area contributed by atoms with E-state index >= 15 is 0 Å². The van der Waals surface area contributed by atoms with Gasteiger partial charge in [0.05, 0.1) is 22.1 Å². The van der Waals surface area contributed by atoms with Crippen molar-refractivity contribution in [3.05, 3.63) is 180 Å². The molecule has 0 fully saturated rings. The molecule has 0 saturated carbocycles. The molecule has 64 heavy (non-hydrogen) atoms. The zero-order chi connectivity index (χ0) is 45.2. The highest BCUT2D eigenvalue weighted by Gasteiger charge is 2.37. The van der Waals surface area contributed by atoms with E-state index in [4.69, 9.17) is 14.2 Å². The van der Waals surface area contributed by atoms with Crippen LogP contribution < -0.4 is 0 Å². The minimum absolute atomic E-state index is 0.0511. The highest BCUT2D eigenvalue weighted by molar-refractivity contribution is 5.91. The Hall–Kier alpha value is -8.46. The van der Waals surface area contributed by atoms with Crippen LogP contribution in [0.5, 0.6) is 0 Å². The fourth-order valence-electron chi connectivity index (χ4n) is 6.23. The summed E-state index contributed by atoms with van der Waals surface area (Å²) in [6, 6.07) is 47.3. The first-order valence-electron chi connectivity index (χ1n) is 19.7. The molecule has 0 aromatic heterocycles. The molecule has 0 aliphatic carbocycles. The van der Waals surface area contributed by atoms with E-state index in [1.165, 1.54) is 36.4 Å². The fourth-order valence-corrected chi connectivity index (χ4v) is 6.23. The van der Waals surface area contributed by atoms with E-state index in [2.05, 4.69) is 29.3 Å². The molecular weight excluding hydrogens is 829 g/mol. The zero-order valence-electron chi connectivity index (χ0n) is 34.2. The third kappa shape index (κ3) is 13.0. The van der Waals surface area contributed by atoms with Crippen molar-refractivity contribution in [2.75, 3.05) is 19.8 Å².